The van der Waals surface area contributed by atoms with Gasteiger partial charge in [-0.05, 0) is 24.3 Å². The van der Waals surface area contributed by atoms with Crippen molar-refractivity contribution in [3.63, 3.8) is 0 Å². The van der Waals surface area contributed by atoms with E-state index in [1.54, 1.807) is 12.1 Å². The topological polar surface area (TPSA) is 50.2 Å². The fourth-order valence-corrected chi connectivity index (χ4v) is 2.37. The van der Waals surface area contributed by atoms with Gasteiger partial charge >= 0.3 is 5.97 Å². The molecular formula is C12H5Cl4NO2. The highest BCUT2D eigenvalue weighted by atomic mass is 35.5. The Hall–Kier alpha value is -1.000. The van der Waals surface area contributed by atoms with Crippen LogP contribution in [0.4, 0.5) is 0 Å². The third-order valence-corrected chi connectivity index (χ3v) is 3.64. The summed E-state index contributed by atoms with van der Waals surface area (Å²) in [6.07, 6.45) is 0. The number of halogens is 4. The minimum atomic E-state index is -1.23. The number of benzene rings is 1. The molecule has 19 heavy (non-hydrogen) atoms. The minimum Gasteiger partial charge on any atom is -0.476 e. The number of pyridine rings is 1. The Labute approximate surface area is 128 Å². The zero-order valence-corrected chi connectivity index (χ0v) is 12.1. The summed E-state index contributed by atoms with van der Waals surface area (Å²) in [5.41, 5.74) is 0.515. The summed E-state index contributed by atoms with van der Waals surface area (Å²) in [7, 11) is 0. The van der Waals surface area contributed by atoms with Gasteiger partial charge in [0.2, 0.25) is 0 Å². The highest BCUT2D eigenvalue weighted by Crippen LogP contribution is 2.36. The second kappa shape index (κ2) is 5.55. The minimum absolute atomic E-state index is 0.0421. The molecule has 0 spiro atoms. The van der Waals surface area contributed by atoms with E-state index in [2.05, 4.69) is 4.98 Å². The number of aromatic carboxylic acids is 1. The molecule has 0 aliphatic heterocycles. The fourth-order valence-electron chi connectivity index (χ4n) is 1.48. The van der Waals surface area contributed by atoms with Crippen LogP contribution in [0.3, 0.4) is 0 Å². The Balaban J connectivity index is 2.66. The lowest BCUT2D eigenvalue weighted by Crippen LogP contribution is -2.02. The van der Waals surface area contributed by atoms with Crippen LogP contribution in [0.25, 0.3) is 11.3 Å². The molecule has 1 heterocycles. The molecule has 0 saturated carbocycles. The van der Waals surface area contributed by atoms with Gasteiger partial charge in [-0.1, -0.05) is 46.4 Å². The molecule has 3 nitrogen and oxygen atoms in total. The Morgan fingerprint density at radius 2 is 1.74 bits per heavy atom. The maximum Gasteiger partial charge on any atom is 0.356 e. The van der Waals surface area contributed by atoms with Crippen LogP contribution in [-0.2, 0) is 0 Å². The molecular weight excluding hydrogens is 332 g/mol. The maximum atomic E-state index is 11.0. The van der Waals surface area contributed by atoms with E-state index < -0.39 is 5.97 Å². The molecule has 0 bridgehead atoms. The Morgan fingerprint density at radius 3 is 2.37 bits per heavy atom. The maximum absolute atomic E-state index is 11.0. The molecule has 0 unspecified atom stereocenters. The molecule has 0 fully saturated rings. The van der Waals surface area contributed by atoms with Gasteiger partial charge in [-0.15, -0.1) is 0 Å². The quantitative estimate of drug-likeness (QED) is 0.780. The van der Waals surface area contributed by atoms with Gasteiger partial charge in [0.25, 0.3) is 0 Å². The van der Waals surface area contributed by atoms with E-state index in [0.717, 1.165) is 0 Å². The molecule has 0 amide bonds. The highest BCUT2D eigenvalue weighted by molar-refractivity contribution is 6.45. The van der Waals surface area contributed by atoms with Crippen LogP contribution in [0, 0.1) is 0 Å². The van der Waals surface area contributed by atoms with Gasteiger partial charge in [0, 0.05) is 10.6 Å². The molecule has 0 saturated heterocycles. The predicted octanol–water partition coefficient (Wildman–Crippen LogP) is 5.06. The second-order valence-electron chi connectivity index (χ2n) is 3.58. The summed E-state index contributed by atoms with van der Waals surface area (Å²) in [6.45, 7) is 0. The second-order valence-corrected chi connectivity index (χ2v) is 5.21. The normalized spacial score (nSPS) is 10.5. The summed E-state index contributed by atoms with van der Waals surface area (Å²) in [5, 5.41) is 9.91. The van der Waals surface area contributed by atoms with E-state index in [0.29, 0.717) is 16.3 Å². The third kappa shape index (κ3) is 2.95. The van der Waals surface area contributed by atoms with Crippen LogP contribution in [-0.4, -0.2) is 16.1 Å². The fraction of sp³-hybridized carbons (Fsp3) is 0. The first-order chi connectivity index (χ1) is 8.90. The zero-order valence-electron chi connectivity index (χ0n) is 9.12. The Morgan fingerprint density at radius 1 is 1.05 bits per heavy atom. The summed E-state index contributed by atoms with van der Waals surface area (Å²) in [4.78, 5) is 14.9. The summed E-state index contributed by atoms with van der Waals surface area (Å²) < 4.78 is 0. The van der Waals surface area contributed by atoms with Gasteiger partial charge in [0.05, 0.1) is 20.8 Å². The van der Waals surface area contributed by atoms with E-state index in [1.807, 2.05) is 0 Å². The lowest BCUT2D eigenvalue weighted by atomic mass is 10.1. The molecule has 0 radical (unpaired) electrons. The molecule has 0 aliphatic rings. The smallest absolute Gasteiger partial charge is 0.356 e. The molecule has 1 aromatic carbocycles. The van der Waals surface area contributed by atoms with Crippen molar-refractivity contribution in [1.29, 1.82) is 0 Å². The number of hydrogen-bond acceptors (Lipinski definition) is 2. The van der Waals surface area contributed by atoms with Gasteiger partial charge in [0.15, 0.2) is 5.69 Å². The lowest BCUT2D eigenvalue weighted by molar-refractivity contribution is 0.0691. The number of nitrogens with zero attached hydrogens (tertiary/aromatic N) is 1. The summed E-state index contributed by atoms with van der Waals surface area (Å²) in [5.74, 6) is -1.23. The number of rotatable bonds is 2. The summed E-state index contributed by atoms with van der Waals surface area (Å²) in [6, 6.07) is 6.02. The molecule has 98 valence electrons. The van der Waals surface area contributed by atoms with Gasteiger partial charge in [-0.25, -0.2) is 9.78 Å². The van der Waals surface area contributed by atoms with E-state index in [4.69, 9.17) is 51.5 Å². The van der Waals surface area contributed by atoms with E-state index in [-0.39, 0.29) is 20.8 Å². The van der Waals surface area contributed by atoms with Crippen molar-refractivity contribution in [3.05, 3.63) is 50.0 Å². The molecule has 7 heteroatoms. The average molecular weight is 337 g/mol. The first kappa shape index (κ1) is 14.4. The Bertz CT molecular complexity index is 673. The zero-order chi connectivity index (χ0) is 14.2. The van der Waals surface area contributed by atoms with Crippen LogP contribution in [0.2, 0.25) is 20.1 Å². The van der Waals surface area contributed by atoms with E-state index in [9.17, 15) is 4.79 Å². The predicted molar refractivity (Wildman–Crippen MR) is 76.7 cm³/mol. The van der Waals surface area contributed by atoms with E-state index >= 15 is 0 Å². The molecule has 1 aromatic heterocycles. The number of hydrogen-bond donors (Lipinski definition) is 1. The first-order valence-electron chi connectivity index (χ1n) is 4.95. The van der Waals surface area contributed by atoms with Crippen molar-refractivity contribution in [2.75, 3.05) is 0 Å². The molecule has 2 rings (SSSR count). The van der Waals surface area contributed by atoms with Crippen LogP contribution in [0.1, 0.15) is 10.5 Å². The van der Waals surface area contributed by atoms with E-state index in [1.165, 1.54) is 12.1 Å². The average Bonchev–Trinajstić information content (AvgIpc) is 2.34. The van der Waals surface area contributed by atoms with Crippen LogP contribution < -0.4 is 0 Å². The lowest BCUT2D eigenvalue weighted by Gasteiger charge is -2.08. The number of carboxylic acid groups (broad SMARTS) is 1. The standard InChI is InChI=1S/C12H5Cl4NO2/c13-5-3-6(10(16)8(15)4-5)9-2-1-7(14)11(17-9)12(18)19/h1-4H,(H,18,19). The van der Waals surface area contributed by atoms with Crippen molar-refractivity contribution in [1.82, 2.24) is 4.98 Å². The van der Waals surface area contributed by atoms with Crippen molar-refractivity contribution in [3.8, 4) is 11.3 Å². The molecule has 0 aliphatic carbocycles. The highest BCUT2D eigenvalue weighted by Gasteiger charge is 2.15. The summed E-state index contributed by atoms with van der Waals surface area (Å²) >= 11 is 23.6. The van der Waals surface area contributed by atoms with Crippen molar-refractivity contribution < 1.29 is 9.90 Å². The van der Waals surface area contributed by atoms with Crippen LogP contribution >= 0.6 is 46.4 Å². The van der Waals surface area contributed by atoms with Gasteiger partial charge in [-0.3, -0.25) is 0 Å². The van der Waals surface area contributed by atoms with Crippen molar-refractivity contribution in [2.45, 2.75) is 0 Å². The van der Waals surface area contributed by atoms with Crippen LogP contribution in [0.15, 0.2) is 24.3 Å². The number of aromatic nitrogens is 1. The molecule has 1 N–H and O–H groups in total. The van der Waals surface area contributed by atoms with Gasteiger partial charge in [0.1, 0.15) is 0 Å². The SMILES string of the molecule is O=C(O)c1nc(-c2cc(Cl)cc(Cl)c2Cl)ccc1Cl. The van der Waals surface area contributed by atoms with Crippen LogP contribution in [0.5, 0.6) is 0 Å². The van der Waals surface area contributed by atoms with Gasteiger partial charge in [-0.2, -0.15) is 0 Å². The number of carbonyl (C=O) groups is 1. The molecule has 0 atom stereocenters. The third-order valence-electron chi connectivity index (χ3n) is 2.32. The van der Waals surface area contributed by atoms with Crippen molar-refractivity contribution >= 4 is 52.4 Å². The van der Waals surface area contributed by atoms with Crippen molar-refractivity contribution in [2.24, 2.45) is 0 Å². The molecule has 2 aromatic rings. The number of carboxylic acids is 1. The largest absolute Gasteiger partial charge is 0.476 e. The van der Waals surface area contributed by atoms with Gasteiger partial charge < -0.3 is 5.11 Å². The monoisotopic (exact) mass is 335 g/mol. The Kier molecular flexibility index (Phi) is 4.21. The first-order valence-corrected chi connectivity index (χ1v) is 6.46.